The van der Waals surface area contributed by atoms with E-state index in [2.05, 4.69) is 70.6 Å². The van der Waals surface area contributed by atoms with Gasteiger partial charge in [0, 0.05) is 34.0 Å². The first-order valence-corrected chi connectivity index (χ1v) is 10.6. The Morgan fingerprint density at radius 1 is 0.966 bits per heavy atom. The predicted octanol–water partition coefficient (Wildman–Crippen LogP) is 6.13. The van der Waals surface area contributed by atoms with E-state index in [1.54, 1.807) is 0 Å². The van der Waals surface area contributed by atoms with Crippen LogP contribution in [0.3, 0.4) is 0 Å². The molecule has 3 aromatic carbocycles. The normalized spacial score (nSPS) is 16.3. The summed E-state index contributed by atoms with van der Waals surface area (Å²) >= 11 is 3.50. The highest BCUT2D eigenvalue weighted by Crippen LogP contribution is 2.29. The molecular formula is C25H23BrN2O. The van der Waals surface area contributed by atoms with Crippen molar-refractivity contribution in [1.29, 1.82) is 0 Å². The quantitative estimate of drug-likeness (QED) is 0.522. The number of anilines is 1. The molecule has 3 aromatic rings. The number of aryl methyl sites for hydroxylation is 1. The van der Waals surface area contributed by atoms with Gasteiger partial charge in [-0.1, -0.05) is 64.0 Å². The number of nitrogens with one attached hydrogen (secondary N) is 1. The fraction of sp³-hybridized carbons (Fsp3) is 0.160. The summed E-state index contributed by atoms with van der Waals surface area (Å²) in [5.74, 6) is 0.0357. The van der Waals surface area contributed by atoms with Crippen molar-refractivity contribution in [2.45, 2.75) is 19.4 Å². The Kier molecular flexibility index (Phi) is 5.81. The van der Waals surface area contributed by atoms with Crippen molar-refractivity contribution in [3.8, 4) is 0 Å². The van der Waals surface area contributed by atoms with Crippen LogP contribution in [0.2, 0.25) is 0 Å². The standard InChI is InChI=1S/C25H23BrN2O/c1-18-7-13-22(14-8-18)27-23-15-16-28(25(29)20-5-3-2-4-6-20)24(17-23)19-9-11-21(26)12-10-19/h2-14,17,23,27H,15-16H2,1H3. The predicted molar refractivity (Wildman–Crippen MR) is 123 cm³/mol. The molecule has 3 nitrogen and oxygen atoms in total. The first-order chi connectivity index (χ1) is 14.1. The zero-order valence-corrected chi connectivity index (χ0v) is 17.9. The number of nitrogens with zero attached hydrogens (tertiary/aromatic N) is 1. The van der Waals surface area contributed by atoms with Gasteiger partial charge in [-0.3, -0.25) is 4.79 Å². The smallest absolute Gasteiger partial charge is 0.258 e. The Morgan fingerprint density at radius 2 is 1.66 bits per heavy atom. The van der Waals surface area contributed by atoms with Crippen molar-refractivity contribution in [2.24, 2.45) is 0 Å². The van der Waals surface area contributed by atoms with Gasteiger partial charge in [0.25, 0.3) is 5.91 Å². The number of halogens is 1. The molecule has 0 aromatic heterocycles. The third-order valence-electron chi connectivity index (χ3n) is 5.12. The van der Waals surface area contributed by atoms with Crippen LogP contribution in [0.1, 0.15) is 27.9 Å². The van der Waals surface area contributed by atoms with Crippen molar-refractivity contribution >= 4 is 33.2 Å². The third kappa shape index (κ3) is 4.60. The minimum atomic E-state index is 0.0357. The zero-order valence-electron chi connectivity index (χ0n) is 16.3. The number of benzene rings is 3. The second kappa shape index (κ2) is 8.66. The topological polar surface area (TPSA) is 32.3 Å². The number of carbonyl (C=O) groups excluding carboxylic acids is 1. The second-order valence-corrected chi connectivity index (χ2v) is 8.20. The van der Waals surface area contributed by atoms with E-state index in [9.17, 15) is 4.79 Å². The van der Waals surface area contributed by atoms with Crippen LogP contribution < -0.4 is 5.32 Å². The monoisotopic (exact) mass is 446 g/mol. The van der Waals surface area contributed by atoms with Gasteiger partial charge >= 0.3 is 0 Å². The van der Waals surface area contributed by atoms with E-state index >= 15 is 0 Å². The fourth-order valence-electron chi connectivity index (χ4n) is 3.55. The lowest BCUT2D eigenvalue weighted by Gasteiger charge is -2.33. The largest absolute Gasteiger partial charge is 0.379 e. The highest BCUT2D eigenvalue weighted by atomic mass is 79.9. The van der Waals surface area contributed by atoms with Crippen molar-refractivity contribution < 1.29 is 4.79 Å². The summed E-state index contributed by atoms with van der Waals surface area (Å²) in [6.45, 7) is 2.75. The van der Waals surface area contributed by atoms with Gasteiger partial charge in [-0.2, -0.15) is 0 Å². The molecule has 1 unspecified atom stereocenters. The molecule has 1 aliphatic rings. The maximum Gasteiger partial charge on any atom is 0.258 e. The summed E-state index contributed by atoms with van der Waals surface area (Å²) in [5, 5.41) is 3.59. The van der Waals surface area contributed by atoms with Gasteiger partial charge in [-0.05, 0) is 61.4 Å². The van der Waals surface area contributed by atoms with Crippen molar-refractivity contribution in [3.05, 3.63) is 106 Å². The van der Waals surface area contributed by atoms with E-state index < -0.39 is 0 Å². The van der Waals surface area contributed by atoms with Gasteiger partial charge in [0.15, 0.2) is 0 Å². The van der Waals surface area contributed by atoms with Gasteiger partial charge in [0.1, 0.15) is 0 Å². The van der Waals surface area contributed by atoms with Crippen LogP contribution in [0.4, 0.5) is 5.69 Å². The van der Waals surface area contributed by atoms with E-state index in [-0.39, 0.29) is 11.9 Å². The van der Waals surface area contributed by atoms with Crippen molar-refractivity contribution in [1.82, 2.24) is 4.90 Å². The van der Waals surface area contributed by atoms with E-state index in [0.717, 1.165) is 27.8 Å². The lowest BCUT2D eigenvalue weighted by Crippen LogP contribution is -2.38. The van der Waals surface area contributed by atoms with Gasteiger partial charge < -0.3 is 10.2 Å². The van der Waals surface area contributed by atoms with Gasteiger partial charge in [-0.15, -0.1) is 0 Å². The number of hydrogen-bond acceptors (Lipinski definition) is 2. The van der Waals surface area contributed by atoms with Gasteiger partial charge in [0.2, 0.25) is 0 Å². The lowest BCUT2D eigenvalue weighted by atomic mass is 10.00. The van der Waals surface area contributed by atoms with Crippen LogP contribution in [0.15, 0.2) is 89.4 Å². The Morgan fingerprint density at radius 3 is 2.34 bits per heavy atom. The molecule has 4 rings (SSSR count). The molecular weight excluding hydrogens is 424 g/mol. The molecule has 4 heteroatoms. The van der Waals surface area contributed by atoms with Crippen LogP contribution >= 0.6 is 15.9 Å². The second-order valence-electron chi connectivity index (χ2n) is 7.29. The minimum absolute atomic E-state index is 0.0357. The molecule has 1 heterocycles. The Hall–Kier alpha value is -2.85. The Bertz CT molecular complexity index is 1010. The van der Waals surface area contributed by atoms with E-state index in [1.807, 2.05) is 47.4 Å². The summed E-state index contributed by atoms with van der Waals surface area (Å²) < 4.78 is 1.02. The first kappa shape index (κ1) is 19.5. The number of hydrogen-bond donors (Lipinski definition) is 1. The Labute approximate surface area is 180 Å². The van der Waals surface area contributed by atoms with Crippen LogP contribution in [0.25, 0.3) is 5.70 Å². The molecule has 0 spiro atoms. The average molecular weight is 447 g/mol. The van der Waals surface area contributed by atoms with Crippen molar-refractivity contribution in [3.63, 3.8) is 0 Å². The maximum absolute atomic E-state index is 13.2. The Balaban J connectivity index is 1.66. The van der Waals surface area contributed by atoms with Crippen LogP contribution in [0, 0.1) is 6.92 Å². The molecule has 146 valence electrons. The van der Waals surface area contributed by atoms with Crippen LogP contribution in [-0.2, 0) is 0 Å². The van der Waals surface area contributed by atoms with Gasteiger partial charge in [-0.25, -0.2) is 0 Å². The number of carbonyl (C=O) groups is 1. The van der Waals surface area contributed by atoms with Crippen molar-refractivity contribution in [2.75, 3.05) is 11.9 Å². The van der Waals surface area contributed by atoms with Crippen LogP contribution in [-0.4, -0.2) is 23.4 Å². The highest BCUT2D eigenvalue weighted by molar-refractivity contribution is 9.10. The number of rotatable bonds is 4. The summed E-state index contributed by atoms with van der Waals surface area (Å²) in [4.78, 5) is 15.1. The first-order valence-electron chi connectivity index (χ1n) is 9.78. The SMILES string of the molecule is Cc1ccc(NC2C=C(c3ccc(Br)cc3)N(C(=O)c3ccccc3)CC2)cc1. The summed E-state index contributed by atoms with van der Waals surface area (Å²) in [7, 11) is 0. The summed E-state index contributed by atoms with van der Waals surface area (Å²) in [5.41, 5.74) is 5.02. The molecule has 1 amide bonds. The highest BCUT2D eigenvalue weighted by Gasteiger charge is 2.26. The van der Waals surface area contributed by atoms with E-state index in [1.165, 1.54) is 5.56 Å². The number of amides is 1. The third-order valence-corrected chi connectivity index (χ3v) is 5.65. The fourth-order valence-corrected chi connectivity index (χ4v) is 3.81. The molecule has 0 saturated heterocycles. The van der Waals surface area contributed by atoms with Crippen LogP contribution in [0.5, 0.6) is 0 Å². The minimum Gasteiger partial charge on any atom is -0.379 e. The zero-order chi connectivity index (χ0) is 20.2. The molecule has 29 heavy (non-hydrogen) atoms. The molecule has 0 radical (unpaired) electrons. The summed E-state index contributed by atoms with van der Waals surface area (Å²) in [6.07, 6.45) is 3.03. The molecule has 0 fully saturated rings. The molecule has 0 bridgehead atoms. The molecule has 1 atom stereocenters. The molecule has 1 aliphatic heterocycles. The average Bonchev–Trinajstić information content (AvgIpc) is 2.76. The molecule has 0 saturated carbocycles. The molecule has 0 aliphatic carbocycles. The van der Waals surface area contributed by atoms with E-state index in [0.29, 0.717) is 12.1 Å². The maximum atomic E-state index is 13.2. The molecule has 1 N–H and O–H groups in total. The van der Waals surface area contributed by atoms with Gasteiger partial charge in [0.05, 0.1) is 0 Å². The summed E-state index contributed by atoms with van der Waals surface area (Å²) in [6, 6.07) is 26.2. The van der Waals surface area contributed by atoms with E-state index in [4.69, 9.17) is 0 Å². The lowest BCUT2D eigenvalue weighted by molar-refractivity contribution is 0.0829.